The third-order valence-corrected chi connectivity index (χ3v) is 5.53. The van der Waals surface area contributed by atoms with Crippen molar-refractivity contribution in [1.29, 1.82) is 0 Å². The van der Waals surface area contributed by atoms with E-state index in [1.807, 2.05) is 13.8 Å². The summed E-state index contributed by atoms with van der Waals surface area (Å²) in [6.45, 7) is 4.16. The predicted octanol–water partition coefficient (Wildman–Crippen LogP) is 1.61. The molecule has 0 aliphatic heterocycles. The van der Waals surface area contributed by atoms with Crippen molar-refractivity contribution in [2.75, 3.05) is 12.3 Å². The van der Waals surface area contributed by atoms with Gasteiger partial charge in [0.2, 0.25) is 10.0 Å². The third-order valence-electron chi connectivity index (χ3n) is 3.81. The fourth-order valence-corrected chi connectivity index (χ4v) is 4.36. The van der Waals surface area contributed by atoms with E-state index in [1.165, 1.54) is 19.3 Å². The molecule has 3 N–H and O–H groups in total. The summed E-state index contributed by atoms with van der Waals surface area (Å²) in [7, 11) is -3.19. The van der Waals surface area contributed by atoms with Crippen molar-refractivity contribution in [2.24, 2.45) is 11.7 Å². The zero-order valence-corrected chi connectivity index (χ0v) is 11.9. The minimum Gasteiger partial charge on any atom is -0.329 e. The fraction of sp³-hybridized carbons (Fsp3) is 1.00. The van der Waals surface area contributed by atoms with E-state index in [0.717, 1.165) is 12.8 Å². The summed E-state index contributed by atoms with van der Waals surface area (Å²) in [5, 5.41) is 0. The first-order valence-corrected chi connectivity index (χ1v) is 8.28. The molecule has 0 bridgehead atoms. The molecule has 102 valence electrons. The minimum absolute atomic E-state index is 0.266. The first-order chi connectivity index (χ1) is 7.91. The summed E-state index contributed by atoms with van der Waals surface area (Å²) in [5.74, 6) is 0.600. The summed E-state index contributed by atoms with van der Waals surface area (Å²) in [6, 6.07) is 0. The zero-order chi connectivity index (χ0) is 12.9. The second-order valence-corrected chi connectivity index (χ2v) is 7.27. The Labute approximate surface area is 105 Å². The van der Waals surface area contributed by atoms with Crippen LogP contribution >= 0.6 is 0 Å². The lowest BCUT2D eigenvalue weighted by Gasteiger charge is -2.29. The molecule has 1 atom stereocenters. The van der Waals surface area contributed by atoms with Crippen LogP contribution < -0.4 is 10.5 Å². The molecule has 4 nitrogen and oxygen atoms in total. The molecule has 0 aromatic rings. The maximum atomic E-state index is 12.1. The highest BCUT2D eigenvalue weighted by atomic mass is 32.2. The number of hydrogen-bond acceptors (Lipinski definition) is 3. The first-order valence-electron chi connectivity index (χ1n) is 6.62. The molecule has 0 saturated heterocycles. The summed E-state index contributed by atoms with van der Waals surface area (Å²) in [6.07, 6.45) is 6.40. The van der Waals surface area contributed by atoms with Crippen LogP contribution in [0, 0.1) is 5.92 Å². The topological polar surface area (TPSA) is 72.2 Å². The van der Waals surface area contributed by atoms with Crippen molar-refractivity contribution in [3.05, 3.63) is 0 Å². The molecule has 17 heavy (non-hydrogen) atoms. The third kappa shape index (κ3) is 4.94. The molecule has 1 saturated carbocycles. The molecule has 5 heteroatoms. The monoisotopic (exact) mass is 262 g/mol. The first kappa shape index (κ1) is 14.9. The second kappa shape index (κ2) is 6.16. The van der Waals surface area contributed by atoms with Crippen molar-refractivity contribution < 1.29 is 8.42 Å². The van der Waals surface area contributed by atoms with Gasteiger partial charge in [0.15, 0.2) is 0 Å². The van der Waals surface area contributed by atoms with Gasteiger partial charge in [0, 0.05) is 12.1 Å². The molecule has 1 aliphatic rings. The maximum absolute atomic E-state index is 12.1. The molecule has 0 radical (unpaired) electrons. The molecular formula is C12H26N2O2S. The zero-order valence-electron chi connectivity index (χ0n) is 11.0. The van der Waals surface area contributed by atoms with Gasteiger partial charge < -0.3 is 5.73 Å². The van der Waals surface area contributed by atoms with E-state index >= 15 is 0 Å². The highest BCUT2D eigenvalue weighted by Crippen LogP contribution is 2.25. The predicted molar refractivity (Wildman–Crippen MR) is 71.2 cm³/mol. The van der Waals surface area contributed by atoms with Gasteiger partial charge in [-0.2, -0.15) is 0 Å². The van der Waals surface area contributed by atoms with Crippen LogP contribution in [-0.2, 0) is 10.0 Å². The Bertz CT molecular complexity index is 317. The van der Waals surface area contributed by atoms with E-state index in [0.29, 0.717) is 18.9 Å². The summed E-state index contributed by atoms with van der Waals surface area (Å²) in [4.78, 5) is 0. The summed E-state index contributed by atoms with van der Waals surface area (Å²) < 4.78 is 26.9. The van der Waals surface area contributed by atoms with Crippen LogP contribution in [0.2, 0.25) is 0 Å². The molecule has 0 aromatic carbocycles. The van der Waals surface area contributed by atoms with Crippen molar-refractivity contribution in [3.63, 3.8) is 0 Å². The van der Waals surface area contributed by atoms with Gasteiger partial charge in [0.1, 0.15) is 0 Å². The minimum atomic E-state index is -3.19. The Kier molecular flexibility index (Phi) is 5.41. The Morgan fingerprint density at radius 3 is 2.35 bits per heavy atom. The number of hydrogen-bond donors (Lipinski definition) is 2. The molecule has 1 rings (SSSR count). The van der Waals surface area contributed by atoms with E-state index in [-0.39, 0.29) is 5.75 Å². The number of nitrogens with two attached hydrogens (primary N) is 1. The van der Waals surface area contributed by atoms with Gasteiger partial charge in [-0.1, -0.05) is 26.2 Å². The normalized spacial score (nSPS) is 22.3. The molecule has 0 aromatic heterocycles. The summed E-state index contributed by atoms with van der Waals surface area (Å²) >= 11 is 0. The van der Waals surface area contributed by atoms with Crippen LogP contribution in [0.1, 0.15) is 52.4 Å². The van der Waals surface area contributed by atoms with E-state index < -0.39 is 15.6 Å². The van der Waals surface area contributed by atoms with Crippen LogP contribution in [0.3, 0.4) is 0 Å². The van der Waals surface area contributed by atoms with Crippen molar-refractivity contribution >= 4 is 10.0 Å². The number of sulfonamides is 1. The van der Waals surface area contributed by atoms with E-state index in [9.17, 15) is 8.42 Å². The standard InChI is InChI=1S/C12H26N2O2S/c1-3-12(2,10-13)14-17(15,16)9-11-7-5-4-6-8-11/h11,14H,3-10,13H2,1-2H3. The van der Waals surface area contributed by atoms with Crippen LogP contribution in [-0.4, -0.2) is 26.3 Å². The lowest BCUT2D eigenvalue weighted by atomic mass is 9.91. The molecular weight excluding hydrogens is 236 g/mol. The Morgan fingerprint density at radius 2 is 1.88 bits per heavy atom. The molecule has 0 spiro atoms. The van der Waals surface area contributed by atoms with Gasteiger partial charge >= 0.3 is 0 Å². The van der Waals surface area contributed by atoms with Crippen LogP contribution in [0.5, 0.6) is 0 Å². The molecule has 0 heterocycles. The van der Waals surface area contributed by atoms with Gasteiger partial charge in [-0.15, -0.1) is 0 Å². The molecule has 1 fully saturated rings. The quantitative estimate of drug-likeness (QED) is 0.764. The fourth-order valence-electron chi connectivity index (χ4n) is 2.34. The van der Waals surface area contributed by atoms with Crippen LogP contribution in [0.15, 0.2) is 0 Å². The SMILES string of the molecule is CCC(C)(CN)NS(=O)(=O)CC1CCCCC1. The summed E-state index contributed by atoms with van der Waals surface area (Å²) in [5.41, 5.74) is 5.14. The van der Waals surface area contributed by atoms with Crippen molar-refractivity contribution in [3.8, 4) is 0 Å². The second-order valence-electron chi connectivity index (χ2n) is 5.51. The average molecular weight is 262 g/mol. The van der Waals surface area contributed by atoms with Crippen molar-refractivity contribution in [2.45, 2.75) is 57.9 Å². The molecule has 1 aliphatic carbocycles. The molecule has 0 amide bonds. The van der Waals surface area contributed by atoms with Crippen molar-refractivity contribution in [1.82, 2.24) is 4.72 Å². The smallest absolute Gasteiger partial charge is 0.212 e. The highest BCUT2D eigenvalue weighted by molar-refractivity contribution is 7.89. The van der Waals surface area contributed by atoms with Crippen LogP contribution in [0.25, 0.3) is 0 Å². The van der Waals surface area contributed by atoms with Gasteiger partial charge in [-0.3, -0.25) is 0 Å². The molecule has 1 unspecified atom stereocenters. The van der Waals surface area contributed by atoms with Crippen LogP contribution in [0.4, 0.5) is 0 Å². The van der Waals surface area contributed by atoms with E-state index in [2.05, 4.69) is 4.72 Å². The Hall–Kier alpha value is -0.130. The van der Waals surface area contributed by atoms with Gasteiger partial charge in [-0.25, -0.2) is 13.1 Å². The average Bonchev–Trinajstić information content (AvgIpc) is 2.29. The van der Waals surface area contributed by atoms with Gasteiger partial charge in [-0.05, 0) is 32.1 Å². The number of rotatable bonds is 6. The van der Waals surface area contributed by atoms with Gasteiger partial charge in [0.05, 0.1) is 5.75 Å². The maximum Gasteiger partial charge on any atom is 0.212 e. The largest absolute Gasteiger partial charge is 0.329 e. The highest BCUT2D eigenvalue weighted by Gasteiger charge is 2.29. The van der Waals surface area contributed by atoms with E-state index in [4.69, 9.17) is 5.73 Å². The number of nitrogens with one attached hydrogen (secondary N) is 1. The van der Waals surface area contributed by atoms with Gasteiger partial charge in [0.25, 0.3) is 0 Å². The lowest BCUT2D eigenvalue weighted by Crippen LogP contribution is -2.52. The Morgan fingerprint density at radius 1 is 1.29 bits per heavy atom. The Balaban J connectivity index is 2.55. The lowest BCUT2D eigenvalue weighted by molar-refractivity contribution is 0.374. The van der Waals surface area contributed by atoms with E-state index in [1.54, 1.807) is 0 Å².